The van der Waals surface area contributed by atoms with E-state index in [-0.39, 0.29) is 54.1 Å². The van der Waals surface area contributed by atoms with Crippen LogP contribution in [0.5, 0.6) is 0 Å². The minimum absolute atomic E-state index is 0.101. The lowest BCUT2D eigenvalue weighted by Gasteiger charge is -2.69. The summed E-state index contributed by atoms with van der Waals surface area (Å²) in [6, 6.07) is 0. The molecule has 0 spiro atoms. The minimum Gasteiger partial charge on any atom is -0.461 e. The third kappa shape index (κ3) is 6.99. The Balaban J connectivity index is 3.48. The van der Waals surface area contributed by atoms with E-state index in [0.717, 1.165) is 64.2 Å². The van der Waals surface area contributed by atoms with E-state index in [2.05, 4.69) is 178 Å². The zero-order valence-corrected chi connectivity index (χ0v) is 41.7. The van der Waals surface area contributed by atoms with Crippen LogP contribution in [0.4, 0.5) is 0 Å². The van der Waals surface area contributed by atoms with Crippen LogP contribution in [0, 0.1) is 65.0 Å². The number of ether oxygens (including phenoxy) is 1. The highest BCUT2D eigenvalue weighted by molar-refractivity contribution is 5.34. The summed E-state index contributed by atoms with van der Waals surface area (Å²) in [4.78, 5) is 0. The van der Waals surface area contributed by atoms with Crippen LogP contribution in [0.15, 0.2) is 23.7 Å². The first-order valence-electron chi connectivity index (χ1n) is 23.1. The summed E-state index contributed by atoms with van der Waals surface area (Å²) >= 11 is 0. The second kappa shape index (κ2) is 15.7. The van der Waals surface area contributed by atoms with Crippen molar-refractivity contribution in [2.24, 2.45) is 65.0 Å². The van der Waals surface area contributed by atoms with Crippen LogP contribution in [-0.4, -0.2) is 22.4 Å². The smallest absolute Gasteiger partial charge is 0.129 e. The number of rotatable bonds is 18. The van der Waals surface area contributed by atoms with Crippen molar-refractivity contribution in [1.29, 1.82) is 0 Å². The van der Waals surface area contributed by atoms with E-state index >= 15 is 0 Å². The first-order chi connectivity index (χ1) is 24.6. The number of allylic oxidation sites excluding steroid dienone is 2. The number of hydrogen-bond acceptors (Lipinski definition) is 3. The molecule has 0 amide bonds. The molecule has 0 aromatic carbocycles. The summed E-state index contributed by atoms with van der Waals surface area (Å²) in [5.41, 5.74) is -2.92. The maximum absolute atomic E-state index is 13.5. The molecule has 55 heavy (non-hydrogen) atoms. The molecular weight excluding hydrogens is 673 g/mol. The summed E-state index contributed by atoms with van der Waals surface area (Å²) in [7, 11) is 0. The normalized spacial score (nSPS) is 24.0. The van der Waals surface area contributed by atoms with Crippen molar-refractivity contribution in [3.05, 3.63) is 23.7 Å². The van der Waals surface area contributed by atoms with Crippen LogP contribution < -0.4 is 0 Å². The van der Waals surface area contributed by atoms with Crippen molar-refractivity contribution in [3.8, 4) is 0 Å². The molecule has 0 aromatic rings. The monoisotopic (exact) mass is 771 g/mol. The predicted octanol–water partition coefficient (Wildman–Crippen LogP) is 15.7. The molecule has 0 aliphatic heterocycles. The largest absolute Gasteiger partial charge is 0.461 e. The van der Waals surface area contributed by atoms with Gasteiger partial charge in [0.15, 0.2) is 0 Å². The Morgan fingerprint density at radius 3 is 0.745 bits per heavy atom. The molecule has 2 N–H and O–H groups in total. The highest BCUT2D eigenvalue weighted by Gasteiger charge is 2.70. The molecule has 324 valence electrons. The molecule has 0 radical (unpaired) electrons. The molecule has 2 atom stereocenters. The van der Waals surface area contributed by atoms with Gasteiger partial charge in [0, 0.05) is 21.7 Å². The molecule has 2 aliphatic rings. The topological polar surface area (TPSA) is 49.7 Å². The maximum atomic E-state index is 13.5. The fourth-order valence-electron chi connectivity index (χ4n) is 13.0. The van der Waals surface area contributed by atoms with Crippen molar-refractivity contribution in [1.82, 2.24) is 0 Å². The summed E-state index contributed by atoms with van der Waals surface area (Å²) < 4.78 is 7.72. The Kier molecular flexibility index (Phi) is 14.3. The van der Waals surface area contributed by atoms with Gasteiger partial charge >= 0.3 is 0 Å². The molecule has 2 aliphatic carbocycles. The highest BCUT2D eigenvalue weighted by atomic mass is 16.5. The minimum atomic E-state index is -0.846. The van der Waals surface area contributed by atoms with Crippen LogP contribution in [0.1, 0.15) is 230 Å². The van der Waals surface area contributed by atoms with E-state index in [4.69, 9.17) is 4.74 Å². The van der Waals surface area contributed by atoms with Gasteiger partial charge in [0.1, 0.15) is 23.7 Å². The SMILES string of the molecule is CCC(C)(C)C1(C(C)(C)CC)C=C(OC2=CC(C(C)(C)CC)(C(C)(C)CC)CC(C(C)(C)CC)(C(C)(C)CC)C2O)C(O)C(C(C)(C)CC)(C(C)(C)CC)C1. The van der Waals surface area contributed by atoms with Crippen LogP contribution in [-0.2, 0) is 4.74 Å². The van der Waals surface area contributed by atoms with Gasteiger partial charge in [-0.25, -0.2) is 0 Å². The Bertz CT molecular complexity index is 1210. The Labute approximate surface area is 345 Å². The van der Waals surface area contributed by atoms with Crippen LogP contribution >= 0.6 is 0 Å². The average Bonchev–Trinajstić information content (AvgIpc) is 3.12. The molecule has 0 aromatic heterocycles. The summed E-state index contributed by atoms with van der Waals surface area (Å²) in [6.45, 7) is 57.6. The van der Waals surface area contributed by atoms with E-state index in [1.54, 1.807) is 0 Å². The molecule has 0 saturated carbocycles. The second-order valence-corrected chi connectivity index (χ2v) is 24.1. The van der Waals surface area contributed by atoms with Gasteiger partial charge in [0.2, 0.25) is 0 Å². The maximum Gasteiger partial charge on any atom is 0.129 e. The molecule has 0 heterocycles. The highest BCUT2D eigenvalue weighted by Crippen LogP contribution is 2.75. The third-order valence-corrected chi connectivity index (χ3v) is 20.3. The second-order valence-electron chi connectivity index (χ2n) is 24.1. The van der Waals surface area contributed by atoms with Gasteiger partial charge in [0.25, 0.3) is 0 Å². The van der Waals surface area contributed by atoms with Crippen LogP contribution in [0.2, 0.25) is 0 Å². The molecule has 0 bridgehead atoms. The van der Waals surface area contributed by atoms with E-state index in [1.807, 2.05) is 0 Å². The van der Waals surface area contributed by atoms with Gasteiger partial charge in [-0.15, -0.1) is 0 Å². The molecule has 3 nitrogen and oxygen atoms in total. The predicted molar refractivity (Wildman–Crippen MR) is 241 cm³/mol. The lowest BCUT2D eigenvalue weighted by molar-refractivity contribution is -0.217. The van der Waals surface area contributed by atoms with E-state index in [0.29, 0.717) is 11.5 Å². The quantitative estimate of drug-likeness (QED) is 0.146. The number of hydrogen-bond donors (Lipinski definition) is 2. The van der Waals surface area contributed by atoms with Crippen molar-refractivity contribution in [3.63, 3.8) is 0 Å². The molecule has 0 fully saturated rings. The lowest BCUT2D eigenvalue weighted by Crippen LogP contribution is -2.66. The summed E-state index contributed by atoms with van der Waals surface area (Å²) in [6.07, 6.45) is 12.7. The van der Waals surface area contributed by atoms with Crippen LogP contribution in [0.25, 0.3) is 0 Å². The summed E-state index contributed by atoms with van der Waals surface area (Å²) in [5.74, 6) is 1.33. The first-order valence-corrected chi connectivity index (χ1v) is 23.1. The number of aliphatic hydroxyl groups is 2. The fourth-order valence-corrected chi connectivity index (χ4v) is 13.0. The van der Waals surface area contributed by atoms with Gasteiger partial charge in [-0.2, -0.15) is 0 Å². The third-order valence-electron chi connectivity index (χ3n) is 20.3. The van der Waals surface area contributed by atoms with Crippen LogP contribution in [0.3, 0.4) is 0 Å². The van der Waals surface area contributed by atoms with Gasteiger partial charge in [0.05, 0.1) is 0 Å². The summed E-state index contributed by atoms with van der Waals surface area (Å²) in [5, 5.41) is 27.0. The molecular formula is C52H98O3. The van der Waals surface area contributed by atoms with Gasteiger partial charge in [-0.1, -0.05) is 218 Å². The zero-order valence-electron chi connectivity index (χ0n) is 41.7. The van der Waals surface area contributed by atoms with Gasteiger partial charge in [-0.05, 0) is 68.3 Å². The Hall–Kier alpha value is -0.800. The van der Waals surface area contributed by atoms with Crippen molar-refractivity contribution >= 4 is 0 Å². The molecule has 0 saturated heterocycles. The zero-order chi connectivity index (χ0) is 43.5. The Morgan fingerprint density at radius 1 is 0.400 bits per heavy atom. The molecule has 3 heteroatoms. The molecule has 2 rings (SSSR count). The van der Waals surface area contributed by atoms with Crippen molar-refractivity contribution in [2.45, 2.75) is 243 Å². The van der Waals surface area contributed by atoms with Crippen molar-refractivity contribution in [2.75, 3.05) is 0 Å². The van der Waals surface area contributed by atoms with E-state index in [1.165, 1.54) is 0 Å². The first kappa shape index (κ1) is 50.3. The number of aliphatic hydroxyl groups excluding tert-OH is 2. The molecule has 2 unspecified atom stereocenters. The van der Waals surface area contributed by atoms with E-state index < -0.39 is 23.0 Å². The van der Waals surface area contributed by atoms with E-state index in [9.17, 15) is 10.2 Å². The van der Waals surface area contributed by atoms with Crippen molar-refractivity contribution < 1.29 is 14.9 Å². The van der Waals surface area contributed by atoms with Gasteiger partial charge < -0.3 is 14.9 Å². The average molecular weight is 771 g/mol. The fraction of sp³-hybridized carbons (Fsp3) is 0.923. The Morgan fingerprint density at radius 2 is 0.582 bits per heavy atom. The van der Waals surface area contributed by atoms with Gasteiger partial charge in [-0.3, -0.25) is 0 Å². The lowest BCUT2D eigenvalue weighted by atomic mass is 9.36. The standard InChI is InChI=1S/C52H98O3/c1-25-41(9,10)49(42(11,12)26-2)33-37(39(53)51(35-49,45(17,18)29-5)46(19,20)30-6)55-38-34-50(43(13,14)27-3,44(15,16)28-4)36-52(40(38)54,47(21,22)31-7)48(23,24)32-8/h33-34,39-40,53-54H,25-32,35-36H2,1-24H3.